The molecule has 3 rings (SSSR count). The van der Waals surface area contributed by atoms with Crippen LogP contribution < -0.4 is 5.32 Å². The third-order valence-corrected chi connectivity index (χ3v) is 4.00. The van der Waals surface area contributed by atoms with Crippen LogP contribution in [0.2, 0.25) is 0 Å². The number of amides is 1. The second-order valence-electron chi connectivity index (χ2n) is 5.56. The molecule has 1 heterocycles. The van der Waals surface area contributed by atoms with E-state index in [9.17, 15) is 14.0 Å². The van der Waals surface area contributed by atoms with Gasteiger partial charge in [-0.05, 0) is 43.0 Å². The van der Waals surface area contributed by atoms with Crippen LogP contribution in [0.5, 0.6) is 0 Å². The van der Waals surface area contributed by atoms with Crippen molar-refractivity contribution in [3.05, 3.63) is 42.0 Å². The van der Waals surface area contributed by atoms with Gasteiger partial charge in [0.2, 0.25) is 5.89 Å². The molecular weight excluding hydrogens is 303 g/mol. The van der Waals surface area contributed by atoms with Crippen molar-refractivity contribution >= 4 is 11.9 Å². The number of carbonyl (C=O) groups is 2. The molecule has 2 atom stereocenters. The molecule has 1 aliphatic rings. The topological polar surface area (TPSA) is 92.4 Å². The third-order valence-electron chi connectivity index (χ3n) is 4.00. The third kappa shape index (κ3) is 3.39. The molecule has 23 heavy (non-hydrogen) atoms. The van der Waals surface area contributed by atoms with E-state index in [2.05, 4.69) is 10.3 Å². The van der Waals surface area contributed by atoms with E-state index in [1.165, 1.54) is 30.5 Å². The van der Waals surface area contributed by atoms with E-state index in [-0.39, 0.29) is 35.8 Å². The Bertz CT molecular complexity index is 726. The molecule has 7 heteroatoms. The van der Waals surface area contributed by atoms with Crippen molar-refractivity contribution in [2.24, 2.45) is 5.92 Å². The summed E-state index contributed by atoms with van der Waals surface area (Å²) in [7, 11) is 0. The minimum atomic E-state index is -0.867. The summed E-state index contributed by atoms with van der Waals surface area (Å²) in [6.07, 6.45) is 2.83. The van der Waals surface area contributed by atoms with Gasteiger partial charge in [0.15, 0.2) is 5.69 Å². The second-order valence-corrected chi connectivity index (χ2v) is 5.56. The van der Waals surface area contributed by atoms with Gasteiger partial charge in [0.25, 0.3) is 5.91 Å². The molecule has 1 amide bonds. The molecule has 1 aromatic carbocycles. The van der Waals surface area contributed by atoms with Crippen molar-refractivity contribution < 1.29 is 23.5 Å². The van der Waals surface area contributed by atoms with Crippen molar-refractivity contribution in [1.82, 2.24) is 10.3 Å². The van der Waals surface area contributed by atoms with Crippen molar-refractivity contribution in [1.29, 1.82) is 0 Å². The number of aliphatic carboxylic acids is 1. The molecule has 120 valence electrons. The Kier molecular flexibility index (Phi) is 4.10. The maximum absolute atomic E-state index is 12.9. The largest absolute Gasteiger partial charge is 0.481 e. The first kappa shape index (κ1) is 15.2. The zero-order valence-electron chi connectivity index (χ0n) is 12.2. The lowest BCUT2D eigenvalue weighted by atomic mass is 9.77. The van der Waals surface area contributed by atoms with Gasteiger partial charge in [0.05, 0.1) is 6.42 Å². The monoisotopic (exact) mass is 318 g/mol. The number of carboxylic acids is 1. The predicted molar refractivity (Wildman–Crippen MR) is 78.1 cm³/mol. The average Bonchev–Trinajstić information content (AvgIpc) is 2.99. The summed E-state index contributed by atoms with van der Waals surface area (Å²) in [5.41, 5.74) is 0.683. The lowest BCUT2D eigenvalue weighted by molar-refractivity contribution is -0.139. The predicted octanol–water partition coefficient (Wildman–Crippen LogP) is 2.46. The normalized spacial score (nSPS) is 19.9. The minimum Gasteiger partial charge on any atom is -0.481 e. The summed E-state index contributed by atoms with van der Waals surface area (Å²) in [5, 5.41) is 11.6. The van der Waals surface area contributed by atoms with Crippen molar-refractivity contribution in [2.75, 3.05) is 0 Å². The van der Waals surface area contributed by atoms with Crippen molar-refractivity contribution in [3.8, 4) is 11.5 Å². The first-order valence-corrected chi connectivity index (χ1v) is 7.27. The highest BCUT2D eigenvalue weighted by Crippen LogP contribution is 2.30. The first-order valence-electron chi connectivity index (χ1n) is 7.27. The van der Waals surface area contributed by atoms with Crippen LogP contribution >= 0.6 is 0 Å². The van der Waals surface area contributed by atoms with Crippen LogP contribution in [0.3, 0.4) is 0 Å². The Morgan fingerprint density at radius 3 is 2.65 bits per heavy atom. The Hall–Kier alpha value is -2.70. The fourth-order valence-corrected chi connectivity index (χ4v) is 2.57. The smallest absolute Gasteiger partial charge is 0.303 e. The average molecular weight is 318 g/mol. The number of halogens is 1. The maximum atomic E-state index is 12.9. The lowest BCUT2D eigenvalue weighted by Gasteiger charge is -2.35. The Balaban J connectivity index is 1.65. The van der Waals surface area contributed by atoms with E-state index in [4.69, 9.17) is 9.52 Å². The number of oxazole rings is 1. The molecule has 0 spiro atoms. The van der Waals surface area contributed by atoms with E-state index in [0.717, 1.165) is 12.8 Å². The second kappa shape index (κ2) is 6.20. The summed E-state index contributed by atoms with van der Waals surface area (Å²) in [5.74, 6) is -1.45. The van der Waals surface area contributed by atoms with Crippen LogP contribution in [0.1, 0.15) is 29.8 Å². The minimum absolute atomic E-state index is 0.0417. The number of carboxylic acid groups (broad SMARTS) is 1. The highest BCUT2D eigenvalue weighted by atomic mass is 19.1. The Morgan fingerprint density at radius 1 is 1.30 bits per heavy atom. The van der Waals surface area contributed by atoms with Crippen LogP contribution in [-0.4, -0.2) is 28.0 Å². The van der Waals surface area contributed by atoms with Gasteiger partial charge < -0.3 is 14.8 Å². The van der Waals surface area contributed by atoms with E-state index >= 15 is 0 Å². The SMILES string of the molecule is O=C(O)C[C@@H]1CC[C@@H]1NC(=O)c1coc(-c2ccc(F)cc2)n1. The molecule has 0 radical (unpaired) electrons. The summed E-state index contributed by atoms with van der Waals surface area (Å²) in [6.45, 7) is 0. The van der Waals surface area contributed by atoms with Crippen LogP contribution in [0.4, 0.5) is 4.39 Å². The number of aromatic nitrogens is 1. The number of carbonyl (C=O) groups excluding carboxylic acids is 1. The molecule has 6 nitrogen and oxygen atoms in total. The van der Waals surface area contributed by atoms with Gasteiger partial charge in [0.1, 0.15) is 12.1 Å². The van der Waals surface area contributed by atoms with Gasteiger partial charge in [-0.15, -0.1) is 0 Å². The quantitative estimate of drug-likeness (QED) is 0.883. The Labute approximate surface area is 131 Å². The van der Waals surface area contributed by atoms with Crippen LogP contribution in [0.25, 0.3) is 11.5 Å². The van der Waals surface area contributed by atoms with Crippen LogP contribution in [-0.2, 0) is 4.79 Å². The first-order chi connectivity index (χ1) is 11.0. The van der Waals surface area contributed by atoms with Crippen molar-refractivity contribution in [3.63, 3.8) is 0 Å². The molecule has 2 aromatic rings. The van der Waals surface area contributed by atoms with E-state index < -0.39 is 11.9 Å². The van der Waals surface area contributed by atoms with Crippen molar-refractivity contribution in [2.45, 2.75) is 25.3 Å². The van der Waals surface area contributed by atoms with Gasteiger partial charge in [-0.25, -0.2) is 9.37 Å². The number of nitrogens with one attached hydrogen (secondary N) is 1. The maximum Gasteiger partial charge on any atom is 0.303 e. The molecule has 1 saturated carbocycles. The molecular formula is C16H15FN2O4. The van der Waals surface area contributed by atoms with Gasteiger partial charge in [0, 0.05) is 11.6 Å². The molecule has 0 saturated heterocycles. The molecule has 1 aromatic heterocycles. The zero-order valence-corrected chi connectivity index (χ0v) is 12.2. The molecule has 2 N–H and O–H groups in total. The van der Waals surface area contributed by atoms with Crippen LogP contribution in [0.15, 0.2) is 34.9 Å². The van der Waals surface area contributed by atoms with Gasteiger partial charge >= 0.3 is 5.97 Å². The zero-order chi connectivity index (χ0) is 16.4. The van der Waals surface area contributed by atoms with Gasteiger partial charge in [-0.3, -0.25) is 9.59 Å². The standard InChI is InChI=1S/C16H15FN2O4/c17-11-4-1-9(2-5-11)16-19-13(8-23-16)15(22)18-12-6-3-10(12)7-14(20)21/h1-2,4-5,8,10,12H,3,6-7H2,(H,18,22)(H,20,21)/t10-,12-/m0/s1. The van der Waals surface area contributed by atoms with Gasteiger partial charge in [-0.1, -0.05) is 0 Å². The Morgan fingerprint density at radius 2 is 2.04 bits per heavy atom. The summed E-state index contributed by atoms with van der Waals surface area (Å²) in [6, 6.07) is 5.44. The molecule has 0 bridgehead atoms. The summed E-state index contributed by atoms with van der Waals surface area (Å²) < 4.78 is 18.1. The molecule has 1 aliphatic carbocycles. The number of hydrogen-bond donors (Lipinski definition) is 2. The molecule has 0 aliphatic heterocycles. The van der Waals surface area contributed by atoms with Crippen LogP contribution in [0, 0.1) is 11.7 Å². The summed E-state index contributed by atoms with van der Waals surface area (Å²) in [4.78, 5) is 26.9. The van der Waals surface area contributed by atoms with E-state index in [0.29, 0.717) is 5.56 Å². The number of benzene rings is 1. The van der Waals surface area contributed by atoms with E-state index in [1.807, 2.05) is 0 Å². The lowest BCUT2D eigenvalue weighted by Crippen LogP contribution is -2.47. The highest BCUT2D eigenvalue weighted by Gasteiger charge is 2.34. The number of rotatable bonds is 5. The van der Waals surface area contributed by atoms with Gasteiger partial charge in [-0.2, -0.15) is 0 Å². The van der Waals surface area contributed by atoms with E-state index in [1.54, 1.807) is 0 Å². The fraction of sp³-hybridized carbons (Fsp3) is 0.312. The fourth-order valence-electron chi connectivity index (χ4n) is 2.57. The molecule has 0 unspecified atom stereocenters. The number of hydrogen-bond acceptors (Lipinski definition) is 4. The highest BCUT2D eigenvalue weighted by molar-refractivity contribution is 5.92. The molecule has 1 fully saturated rings. The summed E-state index contributed by atoms with van der Waals surface area (Å²) >= 11 is 0. The number of nitrogens with zero attached hydrogens (tertiary/aromatic N) is 1.